The van der Waals surface area contributed by atoms with Gasteiger partial charge < -0.3 is 14.7 Å². The molecule has 116 valence electrons. The van der Waals surface area contributed by atoms with Crippen molar-refractivity contribution in [3.05, 3.63) is 29.8 Å². The first-order valence-corrected chi connectivity index (χ1v) is 7.08. The van der Waals surface area contributed by atoms with Gasteiger partial charge in [-0.2, -0.15) is 0 Å². The first-order chi connectivity index (χ1) is 9.88. The van der Waals surface area contributed by atoms with Crippen molar-refractivity contribution in [1.29, 1.82) is 0 Å². The van der Waals surface area contributed by atoms with E-state index in [1.165, 1.54) is 11.9 Å². The smallest absolute Gasteiger partial charge is 0.326 e. The molecule has 1 N–H and O–H groups in total. The van der Waals surface area contributed by atoms with Gasteiger partial charge in [0.05, 0.1) is 0 Å². The maximum Gasteiger partial charge on any atom is 0.326 e. The predicted octanol–water partition coefficient (Wildman–Crippen LogP) is 2.51. The third kappa shape index (κ3) is 4.48. The van der Waals surface area contributed by atoms with E-state index in [1.54, 1.807) is 6.92 Å². The Balaban J connectivity index is 2.71. The van der Waals surface area contributed by atoms with Crippen LogP contribution in [-0.2, 0) is 9.59 Å². The minimum Gasteiger partial charge on any atom is -0.483 e. The van der Waals surface area contributed by atoms with Crippen molar-refractivity contribution in [2.24, 2.45) is 0 Å². The molecule has 1 aromatic carbocycles. The molecule has 0 heterocycles. The second-order valence-corrected chi connectivity index (χ2v) is 5.25. The second-order valence-electron chi connectivity index (χ2n) is 5.25. The molecule has 0 saturated carbocycles. The summed E-state index contributed by atoms with van der Waals surface area (Å²) in [5, 5.41) is 9.06. The molecule has 21 heavy (non-hydrogen) atoms. The Kier molecular flexibility index (Phi) is 6.21. The van der Waals surface area contributed by atoms with Gasteiger partial charge in [-0.05, 0) is 24.0 Å². The molecule has 0 aliphatic heterocycles. The molecule has 1 atom stereocenters. The maximum atomic E-state index is 12.0. The Bertz CT molecular complexity index is 499. The summed E-state index contributed by atoms with van der Waals surface area (Å²) < 4.78 is 5.57. The number of likely N-dealkylation sites (N-methyl/N-ethyl adjacent to an activating group) is 1. The van der Waals surface area contributed by atoms with Gasteiger partial charge in [-0.15, -0.1) is 0 Å². The maximum absolute atomic E-state index is 12.0. The van der Waals surface area contributed by atoms with E-state index in [2.05, 4.69) is 0 Å². The zero-order chi connectivity index (χ0) is 16.0. The monoisotopic (exact) mass is 293 g/mol. The number of amides is 1. The SMILES string of the molecule is CCC(C(=O)O)N(C)C(=O)COc1ccccc1C(C)C. The average Bonchev–Trinajstić information content (AvgIpc) is 2.45. The third-order valence-electron chi connectivity index (χ3n) is 3.42. The molecule has 1 amide bonds. The van der Waals surface area contributed by atoms with E-state index in [1.807, 2.05) is 38.1 Å². The highest BCUT2D eigenvalue weighted by molar-refractivity contribution is 5.84. The van der Waals surface area contributed by atoms with Gasteiger partial charge >= 0.3 is 5.97 Å². The first kappa shape index (κ1) is 17.0. The van der Waals surface area contributed by atoms with Gasteiger partial charge in [0.15, 0.2) is 6.61 Å². The van der Waals surface area contributed by atoms with Gasteiger partial charge in [0, 0.05) is 7.05 Å². The summed E-state index contributed by atoms with van der Waals surface area (Å²) in [6, 6.07) is 6.73. The van der Waals surface area contributed by atoms with Crippen LogP contribution < -0.4 is 4.74 Å². The van der Waals surface area contributed by atoms with E-state index in [9.17, 15) is 9.59 Å². The molecule has 0 radical (unpaired) electrons. The summed E-state index contributed by atoms with van der Waals surface area (Å²) >= 11 is 0. The van der Waals surface area contributed by atoms with Crippen LogP contribution in [0.15, 0.2) is 24.3 Å². The van der Waals surface area contributed by atoms with E-state index in [0.29, 0.717) is 12.2 Å². The lowest BCUT2D eigenvalue weighted by atomic mass is 10.0. The van der Waals surface area contributed by atoms with Gasteiger partial charge in [-0.1, -0.05) is 39.0 Å². The van der Waals surface area contributed by atoms with Crippen molar-refractivity contribution in [3.8, 4) is 5.75 Å². The number of rotatable bonds is 7. The molecule has 5 nitrogen and oxygen atoms in total. The van der Waals surface area contributed by atoms with Crippen molar-refractivity contribution < 1.29 is 19.4 Å². The van der Waals surface area contributed by atoms with Gasteiger partial charge in [-0.3, -0.25) is 4.79 Å². The van der Waals surface area contributed by atoms with Crippen molar-refractivity contribution in [2.45, 2.75) is 39.2 Å². The Morgan fingerprint density at radius 1 is 1.29 bits per heavy atom. The number of hydrogen-bond acceptors (Lipinski definition) is 3. The van der Waals surface area contributed by atoms with E-state index >= 15 is 0 Å². The van der Waals surface area contributed by atoms with Crippen LogP contribution >= 0.6 is 0 Å². The first-order valence-electron chi connectivity index (χ1n) is 7.08. The molecule has 1 rings (SSSR count). The van der Waals surface area contributed by atoms with E-state index in [4.69, 9.17) is 9.84 Å². The van der Waals surface area contributed by atoms with Crippen LogP contribution in [0.1, 0.15) is 38.7 Å². The minimum absolute atomic E-state index is 0.163. The van der Waals surface area contributed by atoms with Crippen LogP contribution in [0.2, 0.25) is 0 Å². The Hall–Kier alpha value is -2.04. The minimum atomic E-state index is -1.00. The van der Waals surface area contributed by atoms with E-state index in [0.717, 1.165) is 5.56 Å². The van der Waals surface area contributed by atoms with Crippen LogP contribution in [0.5, 0.6) is 5.75 Å². The Labute approximate surface area is 125 Å². The predicted molar refractivity (Wildman–Crippen MR) is 80.5 cm³/mol. The number of nitrogens with zero attached hydrogens (tertiary/aromatic N) is 1. The molecular formula is C16H23NO4. The van der Waals surface area contributed by atoms with Crippen molar-refractivity contribution in [3.63, 3.8) is 0 Å². The normalized spacial score (nSPS) is 12.0. The molecule has 0 saturated heterocycles. The molecule has 0 spiro atoms. The topological polar surface area (TPSA) is 66.8 Å². The lowest BCUT2D eigenvalue weighted by molar-refractivity contribution is -0.149. The summed E-state index contributed by atoms with van der Waals surface area (Å²) in [6.45, 7) is 5.67. The van der Waals surface area contributed by atoms with E-state index in [-0.39, 0.29) is 18.4 Å². The zero-order valence-corrected chi connectivity index (χ0v) is 13.0. The van der Waals surface area contributed by atoms with Crippen molar-refractivity contribution in [2.75, 3.05) is 13.7 Å². The number of carboxylic acids is 1. The van der Waals surface area contributed by atoms with Crippen LogP contribution in [-0.4, -0.2) is 41.6 Å². The molecule has 0 bridgehead atoms. The third-order valence-corrected chi connectivity index (χ3v) is 3.42. The number of hydrogen-bond donors (Lipinski definition) is 1. The molecule has 0 aliphatic carbocycles. The Morgan fingerprint density at radius 2 is 1.90 bits per heavy atom. The Morgan fingerprint density at radius 3 is 2.43 bits per heavy atom. The molecule has 1 aromatic rings. The summed E-state index contributed by atoms with van der Waals surface area (Å²) in [7, 11) is 1.49. The quantitative estimate of drug-likeness (QED) is 0.839. The molecule has 0 fully saturated rings. The van der Waals surface area contributed by atoms with Gasteiger partial charge in [0.25, 0.3) is 5.91 Å². The number of para-hydroxylation sites is 1. The molecule has 5 heteroatoms. The molecule has 0 aliphatic rings. The second kappa shape index (κ2) is 7.67. The molecule has 1 unspecified atom stereocenters. The lowest BCUT2D eigenvalue weighted by Gasteiger charge is -2.24. The number of aliphatic carboxylic acids is 1. The van der Waals surface area contributed by atoms with Gasteiger partial charge in [0.1, 0.15) is 11.8 Å². The summed E-state index contributed by atoms with van der Waals surface area (Å²) in [5.41, 5.74) is 1.03. The lowest BCUT2D eigenvalue weighted by Crippen LogP contribution is -2.44. The number of ether oxygens (including phenoxy) is 1. The van der Waals surface area contributed by atoms with Crippen LogP contribution in [0.25, 0.3) is 0 Å². The van der Waals surface area contributed by atoms with Crippen molar-refractivity contribution >= 4 is 11.9 Å². The van der Waals surface area contributed by atoms with Crippen molar-refractivity contribution in [1.82, 2.24) is 4.90 Å². The largest absolute Gasteiger partial charge is 0.483 e. The number of benzene rings is 1. The fourth-order valence-corrected chi connectivity index (χ4v) is 2.12. The highest BCUT2D eigenvalue weighted by Gasteiger charge is 2.25. The fourth-order valence-electron chi connectivity index (χ4n) is 2.12. The summed E-state index contributed by atoms with van der Waals surface area (Å²) in [6.07, 6.45) is 0.361. The fraction of sp³-hybridized carbons (Fsp3) is 0.500. The number of carbonyl (C=O) groups is 2. The highest BCUT2D eigenvalue weighted by Crippen LogP contribution is 2.25. The van der Waals surface area contributed by atoms with Gasteiger partial charge in [0.2, 0.25) is 0 Å². The van der Waals surface area contributed by atoms with Gasteiger partial charge in [-0.25, -0.2) is 4.79 Å². The molecular weight excluding hydrogens is 270 g/mol. The number of carboxylic acid groups (broad SMARTS) is 1. The van der Waals surface area contributed by atoms with Crippen LogP contribution in [0, 0.1) is 0 Å². The number of carbonyl (C=O) groups excluding carboxylic acids is 1. The van der Waals surface area contributed by atoms with E-state index < -0.39 is 12.0 Å². The standard InChI is InChI=1S/C16H23NO4/c1-5-13(16(19)20)17(4)15(18)10-21-14-9-7-6-8-12(14)11(2)3/h6-9,11,13H,5,10H2,1-4H3,(H,19,20). The zero-order valence-electron chi connectivity index (χ0n) is 13.0. The summed E-state index contributed by atoms with van der Waals surface area (Å²) in [4.78, 5) is 24.3. The summed E-state index contributed by atoms with van der Waals surface area (Å²) in [5.74, 6) is -0.396. The van der Waals surface area contributed by atoms with Crippen LogP contribution in [0.3, 0.4) is 0 Å². The van der Waals surface area contributed by atoms with Crippen LogP contribution in [0.4, 0.5) is 0 Å². The molecule has 0 aromatic heterocycles. The highest BCUT2D eigenvalue weighted by atomic mass is 16.5. The average molecular weight is 293 g/mol.